The van der Waals surface area contributed by atoms with Crippen molar-refractivity contribution in [3.05, 3.63) is 53.1 Å². The SMILES string of the molecule is O=C(NC1CCOCC1)c1cc(NS(=O)(=O)c2ccc(F)cc2F)cc2c1NC(=O)C21CCC1. The number of hydrogen-bond donors (Lipinski definition) is 3. The molecule has 5 rings (SSSR count). The molecular weight excluding hydrogens is 468 g/mol. The molecule has 1 aliphatic carbocycles. The first-order chi connectivity index (χ1) is 16.2. The lowest BCUT2D eigenvalue weighted by Crippen LogP contribution is -2.40. The van der Waals surface area contributed by atoms with E-state index in [2.05, 4.69) is 15.4 Å². The van der Waals surface area contributed by atoms with Gasteiger partial charge in [0.2, 0.25) is 5.91 Å². The molecule has 11 heteroatoms. The van der Waals surface area contributed by atoms with E-state index in [0.717, 1.165) is 18.6 Å². The maximum atomic E-state index is 14.2. The summed E-state index contributed by atoms with van der Waals surface area (Å²) in [5.74, 6) is -2.82. The smallest absolute Gasteiger partial charge is 0.264 e. The number of fused-ring (bicyclic) bond motifs is 2. The van der Waals surface area contributed by atoms with Crippen molar-refractivity contribution >= 4 is 33.2 Å². The third-order valence-electron chi connectivity index (χ3n) is 6.77. The van der Waals surface area contributed by atoms with Crippen LogP contribution in [0.4, 0.5) is 20.2 Å². The van der Waals surface area contributed by atoms with E-state index in [0.29, 0.717) is 56.2 Å². The van der Waals surface area contributed by atoms with Crippen molar-refractivity contribution in [1.29, 1.82) is 0 Å². The fourth-order valence-corrected chi connectivity index (χ4v) is 5.88. The predicted molar refractivity (Wildman–Crippen MR) is 119 cm³/mol. The molecule has 2 aromatic rings. The van der Waals surface area contributed by atoms with Crippen LogP contribution in [0.1, 0.15) is 48.0 Å². The van der Waals surface area contributed by atoms with Crippen LogP contribution in [0.5, 0.6) is 0 Å². The third-order valence-corrected chi connectivity index (χ3v) is 8.19. The first-order valence-corrected chi connectivity index (χ1v) is 12.5. The number of anilines is 2. The Morgan fingerprint density at radius 3 is 2.50 bits per heavy atom. The zero-order chi connectivity index (χ0) is 24.1. The van der Waals surface area contributed by atoms with Crippen molar-refractivity contribution in [3.8, 4) is 0 Å². The minimum atomic E-state index is -4.43. The van der Waals surface area contributed by atoms with Crippen LogP contribution >= 0.6 is 0 Å². The number of rotatable bonds is 5. The monoisotopic (exact) mass is 491 g/mol. The molecule has 2 amide bonds. The summed E-state index contributed by atoms with van der Waals surface area (Å²) in [6.07, 6.45) is 3.26. The highest BCUT2D eigenvalue weighted by Crippen LogP contribution is 2.52. The average molecular weight is 492 g/mol. The fourth-order valence-electron chi connectivity index (χ4n) is 4.78. The zero-order valence-corrected chi connectivity index (χ0v) is 18.9. The molecule has 0 radical (unpaired) electrons. The van der Waals surface area contributed by atoms with E-state index in [1.165, 1.54) is 12.1 Å². The second kappa shape index (κ2) is 8.31. The summed E-state index contributed by atoms with van der Waals surface area (Å²) in [6.45, 7) is 1.04. The van der Waals surface area contributed by atoms with Crippen LogP contribution in [-0.2, 0) is 25.0 Å². The molecule has 0 unspecified atom stereocenters. The molecule has 0 aromatic heterocycles. The van der Waals surface area contributed by atoms with Gasteiger partial charge in [-0.3, -0.25) is 14.3 Å². The van der Waals surface area contributed by atoms with Gasteiger partial charge in [-0.1, -0.05) is 6.42 Å². The van der Waals surface area contributed by atoms with Crippen molar-refractivity contribution in [1.82, 2.24) is 5.32 Å². The quantitative estimate of drug-likeness (QED) is 0.595. The van der Waals surface area contributed by atoms with Crippen LogP contribution in [0, 0.1) is 11.6 Å². The van der Waals surface area contributed by atoms with E-state index in [1.807, 2.05) is 0 Å². The molecule has 34 heavy (non-hydrogen) atoms. The van der Waals surface area contributed by atoms with Gasteiger partial charge in [0, 0.05) is 25.3 Å². The zero-order valence-electron chi connectivity index (χ0n) is 18.1. The molecule has 3 N–H and O–H groups in total. The van der Waals surface area contributed by atoms with E-state index >= 15 is 0 Å². The van der Waals surface area contributed by atoms with Crippen LogP contribution in [0.2, 0.25) is 0 Å². The number of amides is 2. The number of sulfonamides is 1. The largest absolute Gasteiger partial charge is 0.381 e. The van der Waals surface area contributed by atoms with Gasteiger partial charge < -0.3 is 15.4 Å². The van der Waals surface area contributed by atoms with Gasteiger partial charge >= 0.3 is 0 Å². The van der Waals surface area contributed by atoms with E-state index in [9.17, 15) is 26.8 Å². The van der Waals surface area contributed by atoms with Gasteiger partial charge in [0.05, 0.1) is 22.4 Å². The van der Waals surface area contributed by atoms with Gasteiger partial charge in [0.15, 0.2) is 0 Å². The minimum absolute atomic E-state index is 0.0161. The molecule has 1 saturated carbocycles. The molecule has 8 nitrogen and oxygen atoms in total. The van der Waals surface area contributed by atoms with Gasteiger partial charge in [-0.25, -0.2) is 17.2 Å². The summed E-state index contributed by atoms with van der Waals surface area (Å²) in [6, 6.07) is 4.88. The topological polar surface area (TPSA) is 114 Å². The van der Waals surface area contributed by atoms with Gasteiger partial charge in [-0.05, 0) is 55.5 Å². The predicted octanol–water partition coefficient (Wildman–Crippen LogP) is 3.05. The number of benzene rings is 2. The van der Waals surface area contributed by atoms with E-state index in [-0.39, 0.29) is 23.2 Å². The van der Waals surface area contributed by atoms with Gasteiger partial charge in [0.1, 0.15) is 16.5 Å². The Morgan fingerprint density at radius 2 is 1.85 bits per heavy atom. The Balaban J connectivity index is 1.54. The second-order valence-electron chi connectivity index (χ2n) is 8.88. The summed E-state index contributed by atoms with van der Waals surface area (Å²) in [7, 11) is -4.43. The van der Waals surface area contributed by atoms with Crippen LogP contribution in [0.25, 0.3) is 0 Å². The molecule has 0 bridgehead atoms. The summed E-state index contributed by atoms with van der Waals surface area (Å²) < 4.78 is 60.8. The number of halogens is 2. The lowest BCUT2D eigenvalue weighted by Gasteiger charge is -2.36. The van der Waals surface area contributed by atoms with Crippen LogP contribution in [0.15, 0.2) is 35.2 Å². The Kier molecular flexibility index (Phi) is 5.56. The van der Waals surface area contributed by atoms with Crippen molar-refractivity contribution in [2.75, 3.05) is 23.3 Å². The molecule has 2 aromatic carbocycles. The van der Waals surface area contributed by atoms with E-state index in [1.54, 1.807) is 0 Å². The van der Waals surface area contributed by atoms with E-state index in [4.69, 9.17) is 4.74 Å². The van der Waals surface area contributed by atoms with E-state index < -0.39 is 37.9 Å². The van der Waals surface area contributed by atoms with Gasteiger partial charge in [-0.15, -0.1) is 0 Å². The van der Waals surface area contributed by atoms with Crippen molar-refractivity contribution < 1.29 is 31.5 Å². The number of carbonyl (C=O) groups excluding carboxylic acids is 2. The minimum Gasteiger partial charge on any atom is -0.381 e. The first kappa shape index (κ1) is 22.7. The van der Waals surface area contributed by atoms with Crippen LogP contribution in [-0.4, -0.2) is 39.5 Å². The lowest BCUT2D eigenvalue weighted by molar-refractivity contribution is -0.123. The first-order valence-electron chi connectivity index (χ1n) is 11.1. The molecule has 1 saturated heterocycles. The number of hydrogen-bond acceptors (Lipinski definition) is 5. The maximum absolute atomic E-state index is 14.2. The van der Waals surface area contributed by atoms with Crippen molar-refractivity contribution in [2.24, 2.45) is 0 Å². The molecule has 2 heterocycles. The normalized spacial score (nSPS) is 19.3. The molecule has 1 spiro atoms. The number of ether oxygens (including phenoxy) is 1. The van der Waals surface area contributed by atoms with Gasteiger partial charge in [0.25, 0.3) is 15.9 Å². The lowest BCUT2D eigenvalue weighted by atomic mass is 9.65. The molecule has 2 fully saturated rings. The maximum Gasteiger partial charge on any atom is 0.264 e. The summed E-state index contributed by atoms with van der Waals surface area (Å²) in [5, 5.41) is 5.74. The highest BCUT2D eigenvalue weighted by molar-refractivity contribution is 7.92. The molecule has 0 atom stereocenters. The molecule has 180 valence electrons. The Bertz CT molecular complexity index is 1290. The third kappa shape index (κ3) is 3.82. The Hall–Kier alpha value is -3.05. The number of carbonyl (C=O) groups is 2. The van der Waals surface area contributed by atoms with Crippen LogP contribution < -0.4 is 15.4 Å². The second-order valence-corrected chi connectivity index (χ2v) is 10.5. The van der Waals surface area contributed by atoms with Crippen molar-refractivity contribution in [2.45, 2.75) is 48.5 Å². The highest BCUT2D eigenvalue weighted by atomic mass is 32.2. The number of nitrogens with one attached hydrogen (secondary N) is 3. The van der Waals surface area contributed by atoms with Crippen molar-refractivity contribution in [3.63, 3.8) is 0 Å². The summed E-state index contributed by atoms with van der Waals surface area (Å²) in [5.41, 5.74) is 0.234. The van der Waals surface area contributed by atoms with Crippen LogP contribution in [0.3, 0.4) is 0 Å². The molecular formula is C23H23F2N3O5S. The fraction of sp³-hybridized carbons (Fsp3) is 0.391. The molecule has 2 aliphatic heterocycles. The highest BCUT2D eigenvalue weighted by Gasteiger charge is 2.52. The summed E-state index contributed by atoms with van der Waals surface area (Å²) in [4.78, 5) is 25.3. The summed E-state index contributed by atoms with van der Waals surface area (Å²) >= 11 is 0. The van der Waals surface area contributed by atoms with Gasteiger partial charge in [-0.2, -0.15) is 0 Å². The Labute approximate surface area is 195 Å². The Morgan fingerprint density at radius 1 is 1.12 bits per heavy atom. The average Bonchev–Trinajstić information content (AvgIpc) is 3.05. The standard InChI is InChI=1S/C23H23F2N3O5S/c24-13-2-3-19(18(25)10-13)34(31,32)28-15-11-16(21(29)26-14-4-8-33-9-5-14)20-17(12-15)23(6-1-7-23)22(30)27-20/h2-3,10-12,14,28H,1,4-9H2,(H,26,29)(H,27,30). The molecule has 3 aliphatic rings.